The van der Waals surface area contributed by atoms with Gasteiger partial charge in [0.05, 0.1) is 19.1 Å². The highest BCUT2D eigenvalue weighted by Gasteiger charge is 2.26. The number of piperidine rings is 1. The second-order valence-corrected chi connectivity index (χ2v) is 5.20. The van der Waals surface area contributed by atoms with Crippen LogP contribution in [0.15, 0.2) is 0 Å². The minimum Gasteiger partial charge on any atom is -0.378 e. The molecule has 0 saturated carbocycles. The second-order valence-electron chi connectivity index (χ2n) is 5.20. The van der Waals surface area contributed by atoms with Crippen molar-refractivity contribution >= 4 is 5.91 Å². The Morgan fingerprint density at radius 1 is 1.44 bits per heavy atom. The lowest BCUT2D eigenvalue weighted by molar-refractivity contribution is -0.126. The van der Waals surface area contributed by atoms with Gasteiger partial charge in [0.1, 0.15) is 0 Å². The van der Waals surface area contributed by atoms with Crippen LogP contribution in [0.4, 0.5) is 0 Å². The van der Waals surface area contributed by atoms with E-state index in [9.17, 15) is 4.79 Å². The maximum Gasteiger partial charge on any atom is 0.224 e. The molecule has 106 valence electrons. The highest BCUT2D eigenvalue weighted by atomic mass is 16.5. The van der Waals surface area contributed by atoms with Crippen LogP contribution >= 0.6 is 0 Å². The van der Waals surface area contributed by atoms with Crippen molar-refractivity contribution in [1.29, 1.82) is 0 Å². The number of hydrogen-bond donors (Lipinski definition) is 2. The maximum atomic E-state index is 11.9. The quantitative estimate of drug-likeness (QED) is 0.634. The van der Waals surface area contributed by atoms with E-state index < -0.39 is 0 Å². The summed E-state index contributed by atoms with van der Waals surface area (Å²) in [7, 11) is 4.03. The van der Waals surface area contributed by atoms with Gasteiger partial charge in [0.25, 0.3) is 0 Å². The van der Waals surface area contributed by atoms with E-state index in [-0.39, 0.29) is 17.9 Å². The molecule has 5 nitrogen and oxygen atoms in total. The Bertz CT molecular complexity index is 246. The van der Waals surface area contributed by atoms with Crippen molar-refractivity contribution in [3.8, 4) is 0 Å². The Labute approximate surface area is 110 Å². The van der Waals surface area contributed by atoms with Gasteiger partial charge >= 0.3 is 0 Å². The van der Waals surface area contributed by atoms with E-state index in [1.54, 1.807) is 0 Å². The van der Waals surface area contributed by atoms with Gasteiger partial charge in [-0.2, -0.15) is 0 Å². The molecular weight excluding hydrogens is 230 g/mol. The molecule has 1 aliphatic rings. The molecular formula is C13H27N3O2. The highest BCUT2D eigenvalue weighted by Crippen LogP contribution is 2.15. The molecule has 2 unspecified atom stereocenters. The number of nitrogens with one attached hydrogen (secondary N) is 2. The summed E-state index contributed by atoms with van der Waals surface area (Å²) < 4.78 is 5.44. The summed E-state index contributed by atoms with van der Waals surface area (Å²) in [5.74, 6) is 0.270. The lowest BCUT2D eigenvalue weighted by atomic mass is 9.91. The molecule has 0 aliphatic carbocycles. The monoisotopic (exact) mass is 257 g/mol. The van der Waals surface area contributed by atoms with E-state index in [0.29, 0.717) is 19.8 Å². The maximum absolute atomic E-state index is 11.9. The third-order valence-corrected chi connectivity index (χ3v) is 3.33. The van der Waals surface area contributed by atoms with E-state index in [1.807, 2.05) is 14.1 Å². The van der Waals surface area contributed by atoms with Gasteiger partial charge in [-0.1, -0.05) is 0 Å². The second kappa shape index (κ2) is 8.45. The van der Waals surface area contributed by atoms with Crippen molar-refractivity contribution in [2.24, 2.45) is 5.92 Å². The molecule has 0 aromatic carbocycles. The van der Waals surface area contributed by atoms with E-state index in [0.717, 1.165) is 25.9 Å². The van der Waals surface area contributed by atoms with Crippen LogP contribution in [0.1, 0.15) is 19.8 Å². The summed E-state index contributed by atoms with van der Waals surface area (Å²) in [6, 6.07) is 0.286. The van der Waals surface area contributed by atoms with Crippen molar-refractivity contribution in [3.63, 3.8) is 0 Å². The van der Waals surface area contributed by atoms with Gasteiger partial charge in [-0.25, -0.2) is 0 Å². The van der Waals surface area contributed by atoms with Crippen LogP contribution in [0.3, 0.4) is 0 Å². The predicted octanol–water partition coefficient (Wildman–Crippen LogP) is 0.0689. The standard InChI is InChI=1S/C13H27N3O2/c1-11-12(5-4-6-14-11)13(17)15-7-9-18-10-8-16(2)3/h11-12,14H,4-10H2,1-3H3,(H,15,17). The Balaban J connectivity index is 2.06. The molecule has 0 aromatic rings. The third-order valence-electron chi connectivity index (χ3n) is 3.33. The first-order chi connectivity index (χ1) is 8.61. The lowest BCUT2D eigenvalue weighted by Gasteiger charge is -2.28. The number of likely N-dealkylation sites (N-methyl/N-ethyl adjacent to an activating group) is 1. The largest absolute Gasteiger partial charge is 0.378 e. The van der Waals surface area contributed by atoms with Crippen molar-refractivity contribution in [2.75, 3.05) is 46.9 Å². The van der Waals surface area contributed by atoms with Crippen molar-refractivity contribution in [1.82, 2.24) is 15.5 Å². The Morgan fingerprint density at radius 3 is 2.89 bits per heavy atom. The number of ether oxygens (including phenoxy) is 1. The van der Waals surface area contributed by atoms with Crippen LogP contribution in [-0.2, 0) is 9.53 Å². The van der Waals surface area contributed by atoms with Crippen molar-refractivity contribution < 1.29 is 9.53 Å². The Hall–Kier alpha value is -0.650. The van der Waals surface area contributed by atoms with Gasteiger partial charge in [-0.3, -0.25) is 4.79 Å². The van der Waals surface area contributed by atoms with Crippen LogP contribution in [0.25, 0.3) is 0 Å². The minimum absolute atomic E-state index is 0.112. The number of carbonyl (C=O) groups is 1. The van der Waals surface area contributed by atoms with Gasteiger partial charge < -0.3 is 20.3 Å². The summed E-state index contributed by atoms with van der Waals surface area (Å²) in [4.78, 5) is 14.0. The Kier molecular flexibility index (Phi) is 7.23. The van der Waals surface area contributed by atoms with Gasteiger partial charge in [-0.15, -0.1) is 0 Å². The first-order valence-corrected chi connectivity index (χ1v) is 6.85. The van der Waals surface area contributed by atoms with Crippen molar-refractivity contribution in [2.45, 2.75) is 25.8 Å². The fourth-order valence-corrected chi connectivity index (χ4v) is 2.13. The van der Waals surface area contributed by atoms with Gasteiger partial charge in [0.2, 0.25) is 5.91 Å². The summed E-state index contributed by atoms with van der Waals surface area (Å²) in [5, 5.41) is 6.29. The molecule has 1 aliphatic heterocycles. The van der Waals surface area contributed by atoms with Crippen LogP contribution < -0.4 is 10.6 Å². The van der Waals surface area contributed by atoms with Crippen LogP contribution in [-0.4, -0.2) is 63.8 Å². The topological polar surface area (TPSA) is 53.6 Å². The Morgan fingerprint density at radius 2 is 2.22 bits per heavy atom. The van der Waals surface area contributed by atoms with E-state index in [1.165, 1.54) is 0 Å². The van der Waals surface area contributed by atoms with Crippen molar-refractivity contribution in [3.05, 3.63) is 0 Å². The summed E-state index contributed by atoms with van der Waals surface area (Å²) in [6.45, 7) is 5.93. The third kappa shape index (κ3) is 5.80. The van der Waals surface area contributed by atoms with E-state index >= 15 is 0 Å². The number of rotatable bonds is 7. The molecule has 1 fully saturated rings. The molecule has 2 N–H and O–H groups in total. The molecule has 1 saturated heterocycles. The normalized spacial score (nSPS) is 24.2. The van der Waals surface area contributed by atoms with Gasteiger partial charge in [0, 0.05) is 19.1 Å². The predicted molar refractivity (Wildman–Crippen MR) is 72.6 cm³/mol. The molecule has 1 heterocycles. The van der Waals surface area contributed by atoms with Gasteiger partial charge in [-0.05, 0) is 40.4 Å². The molecule has 1 amide bonds. The first kappa shape index (κ1) is 15.4. The highest BCUT2D eigenvalue weighted by molar-refractivity contribution is 5.79. The molecule has 5 heteroatoms. The number of amides is 1. The fraction of sp³-hybridized carbons (Fsp3) is 0.923. The summed E-state index contributed by atoms with van der Waals surface area (Å²) in [6.07, 6.45) is 2.07. The smallest absolute Gasteiger partial charge is 0.224 e. The zero-order chi connectivity index (χ0) is 13.4. The fourth-order valence-electron chi connectivity index (χ4n) is 2.13. The van der Waals surface area contributed by atoms with Crippen LogP contribution in [0.5, 0.6) is 0 Å². The summed E-state index contributed by atoms with van der Waals surface area (Å²) in [5.41, 5.74) is 0. The molecule has 18 heavy (non-hydrogen) atoms. The molecule has 0 spiro atoms. The number of carbonyl (C=O) groups excluding carboxylic acids is 1. The SMILES string of the molecule is CC1NCCCC1C(=O)NCCOCCN(C)C. The average molecular weight is 257 g/mol. The van der Waals surface area contributed by atoms with E-state index in [4.69, 9.17) is 4.74 Å². The lowest BCUT2D eigenvalue weighted by Crippen LogP contribution is -2.47. The molecule has 0 bridgehead atoms. The zero-order valence-electron chi connectivity index (χ0n) is 11.9. The zero-order valence-corrected chi connectivity index (χ0v) is 11.9. The molecule has 0 radical (unpaired) electrons. The van der Waals surface area contributed by atoms with E-state index in [2.05, 4.69) is 22.5 Å². The summed E-state index contributed by atoms with van der Waals surface area (Å²) >= 11 is 0. The number of nitrogens with zero attached hydrogens (tertiary/aromatic N) is 1. The number of hydrogen-bond acceptors (Lipinski definition) is 4. The molecule has 1 rings (SSSR count). The minimum atomic E-state index is 0.112. The van der Waals surface area contributed by atoms with Crippen LogP contribution in [0, 0.1) is 5.92 Å². The van der Waals surface area contributed by atoms with Crippen LogP contribution in [0.2, 0.25) is 0 Å². The van der Waals surface area contributed by atoms with Gasteiger partial charge in [0.15, 0.2) is 0 Å². The molecule has 0 aromatic heterocycles. The first-order valence-electron chi connectivity index (χ1n) is 6.85. The average Bonchev–Trinajstić information content (AvgIpc) is 2.33. The molecule has 2 atom stereocenters.